The molecular formula is C23H32N2O3. The third-order valence-corrected chi connectivity index (χ3v) is 6.64. The number of amides is 1. The number of nitrogens with zero attached hydrogens (tertiary/aromatic N) is 1. The molecule has 1 fully saturated rings. The normalized spacial score (nSPS) is 18.8. The molecule has 2 aliphatic rings. The molecule has 2 aromatic rings. The van der Waals surface area contributed by atoms with E-state index in [1.165, 1.54) is 37.7 Å². The first-order chi connectivity index (χ1) is 13.6. The fraction of sp³-hybridized carbons (Fsp3) is 0.609. The number of furan rings is 1. The third-order valence-electron chi connectivity index (χ3n) is 6.64. The molecule has 0 radical (unpaired) electrons. The number of rotatable bonds is 6. The topological polar surface area (TPSA) is 54.7 Å². The molecule has 1 aromatic carbocycles. The summed E-state index contributed by atoms with van der Waals surface area (Å²) < 4.78 is 11.8. The first-order valence-corrected chi connectivity index (χ1v) is 10.7. The van der Waals surface area contributed by atoms with E-state index in [0.717, 1.165) is 48.2 Å². The maximum absolute atomic E-state index is 12.4. The number of ether oxygens (including phenoxy) is 1. The fourth-order valence-corrected chi connectivity index (χ4v) is 4.79. The summed E-state index contributed by atoms with van der Waals surface area (Å²) in [7, 11) is 4.24. The van der Waals surface area contributed by atoms with E-state index in [4.69, 9.17) is 9.15 Å². The van der Waals surface area contributed by atoms with Crippen LogP contribution in [0.2, 0.25) is 0 Å². The molecule has 0 unspecified atom stereocenters. The number of likely N-dealkylation sites (N-methyl/N-ethyl adjacent to an activating group) is 1. The summed E-state index contributed by atoms with van der Waals surface area (Å²) in [4.78, 5) is 14.7. The van der Waals surface area contributed by atoms with Gasteiger partial charge in [-0.2, -0.15) is 0 Å². The Kier molecular flexibility index (Phi) is 5.63. The second-order valence-corrected chi connectivity index (χ2v) is 8.61. The SMILES string of the molecule is CN(C)C1(CNC(=O)COc2ccc3oc4c(c3c2)CCCC4)CCCCC1. The molecule has 1 N–H and O–H groups in total. The minimum atomic E-state index is -0.0545. The highest BCUT2D eigenvalue weighted by Crippen LogP contribution is 2.34. The van der Waals surface area contributed by atoms with E-state index in [1.807, 2.05) is 18.2 Å². The van der Waals surface area contributed by atoms with E-state index in [1.54, 1.807) is 0 Å². The Balaban J connectivity index is 1.35. The lowest BCUT2D eigenvalue weighted by Gasteiger charge is -2.43. The van der Waals surface area contributed by atoms with Gasteiger partial charge in [-0.25, -0.2) is 0 Å². The highest BCUT2D eigenvalue weighted by Gasteiger charge is 2.34. The lowest BCUT2D eigenvalue weighted by Crippen LogP contribution is -2.54. The van der Waals surface area contributed by atoms with Gasteiger partial charge in [0.25, 0.3) is 5.91 Å². The van der Waals surface area contributed by atoms with Crippen LogP contribution in [0, 0.1) is 0 Å². The van der Waals surface area contributed by atoms with Crippen molar-refractivity contribution in [2.24, 2.45) is 0 Å². The summed E-state index contributed by atoms with van der Waals surface area (Å²) in [5, 5.41) is 4.24. The van der Waals surface area contributed by atoms with Crippen LogP contribution in [0.3, 0.4) is 0 Å². The maximum Gasteiger partial charge on any atom is 0.258 e. The molecule has 0 spiro atoms. The number of fused-ring (bicyclic) bond motifs is 3. The van der Waals surface area contributed by atoms with E-state index < -0.39 is 0 Å². The number of hydrogen-bond acceptors (Lipinski definition) is 4. The van der Waals surface area contributed by atoms with Gasteiger partial charge < -0.3 is 19.4 Å². The molecule has 5 heteroatoms. The Hall–Kier alpha value is -2.01. The van der Waals surface area contributed by atoms with Crippen LogP contribution < -0.4 is 10.1 Å². The van der Waals surface area contributed by atoms with Crippen LogP contribution >= 0.6 is 0 Å². The van der Waals surface area contributed by atoms with Gasteiger partial charge in [-0.15, -0.1) is 0 Å². The molecule has 0 bridgehead atoms. The highest BCUT2D eigenvalue weighted by molar-refractivity contribution is 5.84. The summed E-state index contributed by atoms with van der Waals surface area (Å²) in [6.45, 7) is 0.742. The van der Waals surface area contributed by atoms with Crippen LogP contribution in [0.1, 0.15) is 56.3 Å². The lowest BCUT2D eigenvalue weighted by molar-refractivity contribution is -0.123. The van der Waals surface area contributed by atoms with Crippen molar-refractivity contribution in [3.8, 4) is 5.75 Å². The van der Waals surface area contributed by atoms with Gasteiger partial charge in [0.2, 0.25) is 0 Å². The average molecular weight is 385 g/mol. The van der Waals surface area contributed by atoms with Crippen LogP contribution in [0.4, 0.5) is 0 Å². The van der Waals surface area contributed by atoms with E-state index in [-0.39, 0.29) is 18.1 Å². The fourth-order valence-electron chi connectivity index (χ4n) is 4.79. The minimum Gasteiger partial charge on any atom is -0.484 e. The van der Waals surface area contributed by atoms with Gasteiger partial charge in [-0.05, 0) is 64.4 Å². The number of nitrogens with one attached hydrogen (secondary N) is 1. The van der Waals surface area contributed by atoms with Gasteiger partial charge >= 0.3 is 0 Å². The van der Waals surface area contributed by atoms with Crippen molar-refractivity contribution in [1.29, 1.82) is 0 Å². The Morgan fingerprint density at radius 2 is 1.93 bits per heavy atom. The van der Waals surface area contributed by atoms with Crippen molar-refractivity contribution < 1.29 is 13.9 Å². The van der Waals surface area contributed by atoms with Gasteiger partial charge in [0.1, 0.15) is 17.1 Å². The smallest absolute Gasteiger partial charge is 0.258 e. The molecule has 1 heterocycles. The first-order valence-electron chi connectivity index (χ1n) is 10.7. The monoisotopic (exact) mass is 384 g/mol. The van der Waals surface area contributed by atoms with E-state index >= 15 is 0 Å². The van der Waals surface area contributed by atoms with Crippen LogP contribution in [0.25, 0.3) is 11.0 Å². The molecule has 2 aliphatic carbocycles. The maximum atomic E-state index is 12.4. The molecular weight excluding hydrogens is 352 g/mol. The Bertz CT molecular complexity index is 834. The highest BCUT2D eigenvalue weighted by atomic mass is 16.5. The zero-order valence-electron chi connectivity index (χ0n) is 17.2. The Morgan fingerprint density at radius 1 is 1.14 bits per heavy atom. The number of benzene rings is 1. The van der Waals surface area contributed by atoms with Crippen LogP contribution in [-0.4, -0.2) is 43.6 Å². The van der Waals surface area contributed by atoms with Crippen molar-refractivity contribution in [3.05, 3.63) is 29.5 Å². The zero-order valence-corrected chi connectivity index (χ0v) is 17.2. The Labute approximate surface area is 167 Å². The third kappa shape index (κ3) is 3.90. The van der Waals surface area contributed by atoms with Crippen molar-refractivity contribution in [1.82, 2.24) is 10.2 Å². The van der Waals surface area contributed by atoms with Crippen molar-refractivity contribution >= 4 is 16.9 Å². The number of hydrogen-bond donors (Lipinski definition) is 1. The second-order valence-electron chi connectivity index (χ2n) is 8.61. The quantitative estimate of drug-likeness (QED) is 0.816. The van der Waals surface area contributed by atoms with Crippen LogP contribution in [0.5, 0.6) is 5.75 Å². The average Bonchev–Trinajstić information content (AvgIpc) is 3.09. The summed E-state index contributed by atoms with van der Waals surface area (Å²) in [5.41, 5.74) is 2.33. The number of carbonyl (C=O) groups is 1. The van der Waals surface area contributed by atoms with Gasteiger partial charge in [0.15, 0.2) is 6.61 Å². The summed E-state index contributed by atoms with van der Waals surface area (Å²) in [5.74, 6) is 1.80. The zero-order chi connectivity index (χ0) is 19.6. The summed E-state index contributed by atoms with van der Waals surface area (Å²) >= 11 is 0. The predicted molar refractivity (Wildman–Crippen MR) is 111 cm³/mol. The summed E-state index contributed by atoms with van der Waals surface area (Å²) in [6, 6.07) is 5.88. The van der Waals surface area contributed by atoms with Gasteiger partial charge in [0, 0.05) is 29.5 Å². The molecule has 0 atom stereocenters. The van der Waals surface area contributed by atoms with Crippen LogP contribution in [-0.2, 0) is 17.6 Å². The predicted octanol–water partition coefficient (Wildman–Crippen LogP) is 4.07. The van der Waals surface area contributed by atoms with Crippen molar-refractivity contribution in [3.63, 3.8) is 0 Å². The molecule has 5 nitrogen and oxygen atoms in total. The van der Waals surface area contributed by atoms with Gasteiger partial charge in [-0.1, -0.05) is 19.3 Å². The minimum absolute atomic E-state index is 0.0507. The molecule has 1 saturated carbocycles. The van der Waals surface area contributed by atoms with E-state index in [9.17, 15) is 4.79 Å². The molecule has 0 saturated heterocycles. The molecule has 0 aliphatic heterocycles. The summed E-state index contributed by atoms with van der Waals surface area (Å²) in [6.07, 6.45) is 10.6. The lowest BCUT2D eigenvalue weighted by atomic mass is 9.80. The Morgan fingerprint density at radius 3 is 2.71 bits per heavy atom. The molecule has 4 rings (SSSR count). The number of carbonyl (C=O) groups excluding carboxylic acids is 1. The first kappa shape index (κ1) is 19.3. The second kappa shape index (κ2) is 8.16. The molecule has 1 amide bonds. The molecule has 1 aromatic heterocycles. The number of aryl methyl sites for hydroxylation is 2. The largest absolute Gasteiger partial charge is 0.484 e. The van der Waals surface area contributed by atoms with Gasteiger partial charge in [0.05, 0.1) is 0 Å². The standard InChI is InChI=1S/C23H32N2O3/c1-25(2)23(12-6-3-7-13-23)16-24-22(26)15-27-17-10-11-21-19(14-17)18-8-4-5-9-20(18)28-21/h10-11,14H,3-9,12-13,15-16H2,1-2H3,(H,24,26). The molecule has 28 heavy (non-hydrogen) atoms. The van der Waals surface area contributed by atoms with Gasteiger partial charge in [-0.3, -0.25) is 4.79 Å². The van der Waals surface area contributed by atoms with E-state index in [2.05, 4.69) is 24.3 Å². The van der Waals surface area contributed by atoms with Crippen molar-refractivity contribution in [2.75, 3.05) is 27.2 Å². The van der Waals surface area contributed by atoms with E-state index in [0.29, 0.717) is 6.54 Å². The molecule has 152 valence electrons. The van der Waals surface area contributed by atoms with Crippen LogP contribution in [0.15, 0.2) is 22.6 Å². The van der Waals surface area contributed by atoms with Crippen molar-refractivity contribution in [2.45, 2.75) is 63.3 Å².